The molecule has 2 nitrogen and oxygen atoms in total. The molecule has 3 heteroatoms. The molecule has 0 spiro atoms. The summed E-state index contributed by atoms with van der Waals surface area (Å²) < 4.78 is 6.92. The monoisotopic (exact) mass is 348 g/mol. The van der Waals surface area contributed by atoms with Gasteiger partial charge in [-0.1, -0.05) is 43.0 Å². The van der Waals surface area contributed by atoms with Gasteiger partial charge in [0.1, 0.15) is 5.60 Å². The fraction of sp³-hybridized carbons (Fsp3) is 0.786. The van der Waals surface area contributed by atoms with Crippen LogP contribution in [0.25, 0.3) is 0 Å². The summed E-state index contributed by atoms with van der Waals surface area (Å²) in [5, 5.41) is 0. The van der Waals surface area contributed by atoms with Gasteiger partial charge in [0.05, 0.1) is 0 Å². The Labute approximate surface area is 117 Å². The summed E-state index contributed by atoms with van der Waals surface area (Å²) in [4.78, 5) is 11.8. The molecule has 0 bridgehead atoms. The first-order valence-corrected chi connectivity index (χ1v) is 7.67. The minimum absolute atomic E-state index is 0.154. The van der Waals surface area contributed by atoms with E-state index in [1.54, 1.807) is 6.92 Å². The lowest BCUT2D eigenvalue weighted by Crippen LogP contribution is -2.38. The first kappa shape index (κ1) is 13.4. The molecule has 0 aromatic rings. The highest BCUT2D eigenvalue weighted by atomic mass is 127. The SMILES string of the molecule is C=C(C)C(=O)OC1(C)CC(CI)C2(C)C[C@]12C. The Kier molecular flexibility index (Phi) is 2.92. The molecule has 2 rings (SSSR count). The van der Waals surface area contributed by atoms with Crippen LogP contribution >= 0.6 is 22.6 Å². The van der Waals surface area contributed by atoms with Crippen molar-refractivity contribution < 1.29 is 9.53 Å². The number of rotatable bonds is 3. The summed E-state index contributed by atoms with van der Waals surface area (Å²) in [6.45, 7) is 12.1. The van der Waals surface area contributed by atoms with Crippen LogP contribution in [0.5, 0.6) is 0 Å². The zero-order valence-corrected chi connectivity index (χ0v) is 13.3. The summed E-state index contributed by atoms with van der Waals surface area (Å²) >= 11 is 2.45. The first-order valence-electron chi connectivity index (χ1n) is 6.15. The molecule has 0 amide bonds. The van der Waals surface area contributed by atoms with Crippen molar-refractivity contribution in [1.82, 2.24) is 0 Å². The zero-order valence-electron chi connectivity index (χ0n) is 11.1. The Morgan fingerprint density at radius 2 is 2.06 bits per heavy atom. The number of carbonyl (C=O) groups excluding carboxylic acids is 1. The summed E-state index contributed by atoms with van der Waals surface area (Å²) in [6.07, 6.45) is 2.16. The van der Waals surface area contributed by atoms with Crippen LogP contribution in [0, 0.1) is 16.7 Å². The highest BCUT2D eigenvalue weighted by Gasteiger charge is 2.78. The van der Waals surface area contributed by atoms with E-state index in [4.69, 9.17) is 4.74 Å². The number of esters is 1. The molecule has 0 saturated heterocycles. The second kappa shape index (κ2) is 3.72. The predicted molar refractivity (Wildman–Crippen MR) is 77.1 cm³/mol. The van der Waals surface area contributed by atoms with E-state index in [9.17, 15) is 4.79 Å². The lowest BCUT2D eigenvalue weighted by molar-refractivity contribution is -0.159. The molecule has 0 aromatic heterocycles. The van der Waals surface area contributed by atoms with E-state index in [1.165, 1.54) is 6.42 Å². The van der Waals surface area contributed by atoms with Crippen molar-refractivity contribution in [2.75, 3.05) is 4.43 Å². The van der Waals surface area contributed by atoms with Crippen molar-refractivity contribution in [1.29, 1.82) is 0 Å². The fourth-order valence-corrected chi connectivity index (χ4v) is 4.95. The van der Waals surface area contributed by atoms with E-state index in [0.717, 1.165) is 10.8 Å². The molecule has 0 N–H and O–H groups in total. The minimum Gasteiger partial charge on any atom is -0.455 e. The highest BCUT2D eigenvalue weighted by Crippen LogP contribution is 2.79. The normalized spacial score (nSPS) is 47.5. The van der Waals surface area contributed by atoms with Crippen LogP contribution in [-0.4, -0.2) is 16.0 Å². The van der Waals surface area contributed by atoms with Crippen molar-refractivity contribution >= 4 is 28.6 Å². The molecule has 2 saturated carbocycles. The van der Waals surface area contributed by atoms with Crippen LogP contribution < -0.4 is 0 Å². The van der Waals surface area contributed by atoms with E-state index in [2.05, 4.69) is 49.9 Å². The molecule has 0 heterocycles. The van der Waals surface area contributed by atoms with Crippen LogP contribution in [0.15, 0.2) is 12.2 Å². The Morgan fingerprint density at radius 1 is 1.47 bits per heavy atom. The van der Waals surface area contributed by atoms with Gasteiger partial charge in [0, 0.05) is 15.4 Å². The van der Waals surface area contributed by atoms with Gasteiger partial charge in [-0.05, 0) is 38.0 Å². The maximum atomic E-state index is 11.8. The Bertz CT molecular complexity index is 392. The Hall–Kier alpha value is -0.0600. The van der Waals surface area contributed by atoms with Crippen molar-refractivity contribution in [3.8, 4) is 0 Å². The van der Waals surface area contributed by atoms with E-state index in [-0.39, 0.29) is 17.0 Å². The molecule has 96 valence electrons. The minimum atomic E-state index is -0.312. The van der Waals surface area contributed by atoms with Crippen LogP contribution in [0.3, 0.4) is 0 Å². The standard InChI is InChI=1S/C14H21IO2/c1-9(2)11(16)17-14(5)6-10(7-15)12(3)8-13(12,14)4/h10H,1,6-8H2,2-5H3/t10?,12?,13-,14?/m0/s1. The van der Waals surface area contributed by atoms with Gasteiger partial charge < -0.3 is 4.74 Å². The van der Waals surface area contributed by atoms with Crippen molar-refractivity contribution in [2.45, 2.75) is 46.1 Å². The molecular formula is C14H21IO2. The molecule has 4 atom stereocenters. The van der Waals surface area contributed by atoms with Crippen LogP contribution in [-0.2, 0) is 9.53 Å². The summed E-state index contributed by atoms with van der Waals surface area (Å²) in [7, 11) is 0. The molecule has 3 unspecified atom stereocenters. The number of hydrogen-bond acceptors (Lipinski definition) is 2. The lowest BCUT2D eigenvalue weighted by Gasteiger charge is -2.33. The molecule has 2 aliphatic rings. The second-order valence-corrected chi connectivity index (χ2v) is 7.26. The van der Waals surface area contributed by atoms with Gasteiger partial charge in [-0.3, -0.25) is 0 Å². The van der Waals surface area contributed by atoms with Crippen LogP contribution in [0.1, 0.15) is 40.5 Å². The van der Waals surface area contributed by atoms with E-state index in [1.807, 2.05) is 0 Å². The second-order valence-electron chi connectivity index (χ2n) is 6.38. The largest absolute Gasteiger partial charge is 0.455 e. The van der Waals surface area contributed by atoms with Gasteiger partial charge in [-0.2, -0.15) is 0 Å². The van der Waals surface area contributed by atoms with Gasteiger partial charge >= 0.3 is 5.97 Å². The molecular weight excluding hydrogens is 327 g/mol. The lowest BCUT2D eigenvalue weighted by atomic mass is 9.87. The van der Waals surface area contributed by atoms with E-state index in [0.29, 0.717) is 16.9 Å². The number of ether oxygens (including phenoxy) is 1. The van der Waals surface area contributed by atoms with Crippen molar-refractivity contribution in [3.63, 3.8) is 0 Å². The van der Waals surface area contributed by atoms with Gasteiger partial charge in [0.2, 0.25) is 0 Å². The zero-order chi connectivity index (χ0) is 13.1. The summed E-state index contributed by atoms with van der Waals surface area (Å²) in [5.41, 5.74) is 0.697. The van der Waals surface area contributed by atoms with Crippen molar-refractivity contribution in [2.24, 2.45) is 16.7 Å². The number of alkyl halides is 1. The first-order chi connectivity index (χ1) is 7.70. The molecule has 2 aliphatic carbocycles. The average Bonchev–Trinajstić information content (AvgIpc) is 2.76. The smallest absolute Gasteiger partial charge is 0.333 e. The Balaban J connectivity index is 2.23. The molecule has 0 aliphatic heterocycles. The van der Waals surface area contributed by atoms with Gasteiger partial charge in [0.25, 0.3) is 0 Å². The Morgan fingerprint density at radius 3 is 2.47 bits per heavy atom. The number of carbonyl (C=O) groups is 1. The van der Waals surface area contributed by atoms with Crippen LogP contribution in [0.2, 0.25) is 0 Å². The number of halogens is 1. The molecule has 0 aromatic carbocycles. The fourth-order valence-electron chi connectivity index (χ4n) is 3.67. The van der Waals surface area contributed by atoms with E-state index < -0.39 is 0 Å². The molecule has 0 radical (unpaired) electrons. The third kappa shape index (κ3) is 1.60. The summed E-state index contributed by atoms with van der Waals surface area (Å²) in [5.74, 6) is 0.424. The maximum Gasteiger partial charge on any atom is 0.333 e. The van der Waals surface area contributed by atoms with Gasteiger partial charge in [-0.25, -0.2) is 4.79 Å². The third-order valence-electron chi connectivity index (χ3n) is 5.41. The van der Waals surface area contributed by atoms with Gasteiger partial charge in [-0.15, -0.1) is 0 Å². The summed E-state index contributed by atoms with van der Waals surface area (Å²) in [6, 6.07) is 0. The quantitative estimate of drug-likeness (QED) is 0.336. The van der Waals surface area contributed by atoms with Crippen LogP contribution in [0.4, 0.5) is 0 Å². The number of hydrogen-bond donors (Lipinski definition) is 0. The molecule has 2 fully saturated rings. The molecule has 17 heavy (non-hydrogen) atoms. The third-order valence-corrected chi connectivity index (χ3v) is 6.48. The average molecular weight is 348 g/mol. The topological polar surface area (TPSA) is 26.3 Å². The highest BCUT2D eigenvalue weighted by molar-refractivity contribution is 14.1. The maximum absolute atomic E-state index is 11.8. The van der Waals surface area contributed by atoms with E-state index >= 15 is 0 Å². The van der Waals surface area contributed by atoms with Gasteiger partial charge in [0.15, 0.2) is 0 Å². The predicted octanol–water partition coefficient (Wildman–Crippen LogP) is 3.74. The van der Waals surface area contributed by atoms with Crippen molar-refractivity contribution in [3.05, 3.63) is 12.2 Å². The number of fused-ring (bicyclic) bond motifs is 1.